The summed E-state index contributed by atoms with van der Waals surface area (Å²) >= 11 is 5.88. The molecule has 0 fully saturated rings. The monoisotopic (exact) mass is 301 g/mol. The molecule has 0 saturated carbocycles. The Labute approximate surface area is 127 Å². The van der Waals surface area contributed by atoms with E-state index < -0.39 is 11.2 Å². The molecule has 0 heterocycles. The van der Waals surface area contributed by atoms with Crippen LogP contribution in [0.3, 0.4) is 0 Å². The van der Waals surface area contributed by atoms with Gasteiger partial charge >= 0.3 is 0 Å². The minimum atomic E-state index is -1.41. The molecule has 0 spiro atoms. The molecule has 0 N–H and O–H groups in total. The van der Waals surface area contributed by atoms with E-state index in [-0.39, 0.29) is 17.8 Å². The van der Waals surface area contributed by atoms with Gasteiger partial charge in [-0.15, -0.1) is 0 Å². The van der Waals surface area contributed by atoms with Crippen molar-refractivity contribution in [2.45, 2.75) is 18.8 Å². The zero-order valence-corrected chi connectivity index (χ0v) is 12.2. The largest absolute Gasteiger partial charge is 0.298 e. The zero-order chi connectivity index (χ0) is 15.5. The third kappa shape index (κ3) is 2.96. The lowest BCUT2D eigenvalue weighted by Crippen LogP contribution is -2.35. The van der Waals surface area contributed by atoms with E-state index in [1.54, 1.807) is 30.3 Å². The first-order valence-electron chi connectivity index (χ1n) is 6.41. The standard InChI is InChI=1S/C17H13ClFNO/c1-12(21)17(11-20,14-5-3-2-4-6-14)10-13-9-15(18)7-8-16(13)19/h2-9H,10H2,1H3. The fraction of sp³-hybridized carbons (Fsp3) is 0.176. The number of benzene rings is 2. The molecule has 2 rings (SSSR count). The van der Waals surface area contributed by atoms with Crippen LogP contribution in [0.2, 0.25) is 5.02 Å². The summed E-state index contributed by atoms with van der Waals surface area (Å²) in [5, 5.41) is 9.97. The van der Waals surface area contributed by atoms with Gasteiger partial charge in [0.1, 0.15) is 11.2 Å². The van der Waals surface area contributed by atoms with Crippen LogP contribution in [0.15, 0.2) is 48.5 Å². The van der Waals surface area contributed by atoms with Crippen LogP contribution in [0.4, 0.5) is 4.39 Å². The molecule has 106 valence electrons. The van der Waals surface area contributed by atoms with Crippen LogP contribution in [0.1, 0.15) is 18.1 Å². The van der Waals surface area contributed by atoms with Crippen molar-refractivity contribution in [2.75, 3.05) is 0 Å². The molecule has 0 aromatic heterocycles. The highest BCUT2D eigenvalue weighted by atomic mass is 35.5. The summed E-state index contributed by atoms with van der Waals surface area (Å²) in [5.74, 6) is -0.799. The summed E-state index contributed by atoms with van der Waals surface area (Å²) in [5.41, 5.74) is -0.602. The molecule has 1 unspecified atom stereocenters. The van der Waals surface area contributed by atoms with Crippen molar-refractivity contribution in [3.63, 3.8) is 0 Å². The molecule has 0 amide bonds. The van der Waals surface area contributed by atoms with E-state index >= 15 is 0 Å². The molecule has 4 heteroatoms. The van der Waals surface area contributed by atoms with E-state index in [4.69, 9.17) is 11.6 Å². The molecule has 0 saturated heterocycles. The van der Waals surface area contributed by atoms with Gasteiger partial charge in [0, 0.05) is 11.4 Å². The minimum absolute atomic E-state index is 0.0464. The highest BCUT2D eigenvalue weighted by molar-refractivity contribution is 6.30. The smallest absolute Gasteiger partial charge is 0.154 e. The highest BCUT2D eigenvalue weighted by Gasteiger charge is 2.38. The molecule has 2 nitrogen and oxygen atoms in total. The predicted octanol–water partition coefficient (Wildman–Crippen LogP) is 4.07. The van der Waals surface area contributed by atoms with E-state index in [0.29, 0.717) is 10.6 Å². The lowest BCUT2D eigenvalue weighted by atomic mass is 9.74. The summed E-state index contributed by atoms with van der Waals surface area (Å²) in [7, 11) is 0. The second-order valence-corrected chi connectivity index (χ2v) is 5.29. The third-order valence-electron chi connectivity index (χ3n) is 3.52. The van der Waals surface area contributed by atoms with E-state index in [0.717, 1.165) is 0 Å². The van der Waals surface area contributed by atoms with Crippen molar-refractivity contribution >= 4 is 17.4 Å². The fourth-order valence-electron chi connectivity index (χ4n) is 2.30. The molecule has 0 aliphatic rings. The van der Waals surface area contributed by atoms with Crippen LogP contribution in [0.25, 0.3) is 0 Å². The Hall–Kier alpha value is -2.18. The Morgan fingerprint density at radius 3 is 2.52 bits per heavy atom. The lowest BCUT2D eigenvalue weighted by molar-refractivity contribution is -0.120. The van der Waals surface area contributed by atoms with Gasteiger partial charge < -0.3 is 0 Å². The summed E-state index contributed by atoms with van der Waals surface area (Å²) in [6.07, 6.45) is -0.0464. The number of rotatable bonds is 4. The number of hydrogen-bond donors (Lipinski definition) is 0. The number of hydrogen-bond acceptors (Lipinski definition) is 2. The number of nitrogens with zero attached hydrogens (tertiary/aromatic N) is 1. The number of carbonyl (C=O) groups is 1. The van der Waals surface area contributed by atoms with E-state index in [9.17, 15) is 14.4 Å². The van der Waals surface area contributed by atoms with E-state index in [1.807, 2.05) is 0 Å². The summed E-state index contributed by atoms with van der Waals surface area (Å²) in [6, 6.07) is 14.9. The topological polar surface area (TPSA) is 40.9 Å². The molecule has 0 aliphatic heterocycles. The first-order valence-corrected chi connectivity index (χ1v) is 6.79. The van der Waals surface area contributed by atoms with Crippen LogP contribution < -0.4 is 0 Å². The van der Waals surface area contributed by atoms with Crippen molar-refractivity contribution in [3.8, 4) is 6.07 Å². The maximum atomic E-state index is 13.9. The summed E-state index contributed by atoms with van der Waals surface area (Å²) < 4.78 is 13.9. The van der Waals surface area contributed by atoms with Crippen molar-refractivity contribution in [2.24, 2.45) is 0 Å². The second kappa shape index (κ2) is 6.07. The van der Waals surface area contributed by atoms with Crippen LogP contribution in [-0.2, 0) is 16.6 Å². The first-order chi connectivity index (χ1) is 9.99. The first kappa shape index (κ1) is 15.2. The molecule has 2 aromatic carbocycles. The minimum Gasteiger partial charge on any atom is -0.298 e. The molecule has 0 aliphatic carbocycles. The van der Waals surface area contributed by atoms with Crippen molar-refractivity contribution < 1.29 is 9.18 Å². The molecular weight excluding hydrogens is 289 g/mol. The Morgan fingerprint density at radius 2 is 1.95 bits per heavy atom. The van der Waals surface area contributed by atoms with Gasteiger partial charge in [-0.05, 0) is 36.2 Å². The van der Waals surface area contributed by atoms with Gasteiger partial charge in [0.15, 0.2) is 5.78 Å². The van der Waals surface area contributed by atoms with Crippen molar-refractivity contribution in [1.29, 1.82) is 5.26 Å². The van der Waals surface area contributed by atoms with Crippen molar-refractivity contribution in [3.05, 3.63) is 70.5 Å². The quantitative estimate of drug-likeness (QED) is 0.854. The molecule has 1 atom stereocenters. The normalized spacial score (nSPS) is 13.2. The van der Waals surface area contributed by atoms with E-state index in [1.165, 1.54) is 25.1 Å². The predicted molar refractivity (Wildman–Crippen MR) is 79.5 cm³/mol. The maximum Gasteiger partial charge on any atom is 0.154 e. The number of carbonyl (C=O) groups excluding carboxylic acids is 1. The highest BCUT2D eigenvalue weighted by Crippen LogP contribution is 2.31. The second-order valence-electron chi connectivity index (χ2n) is 4.85. The van der Waals surface area contributed by atoms with Crippen molar-refractivity contribution in [1.82, 2.24) is 0 Å². The Kier molecular flexibility index (Phi) is 4.40. The Morgan fingerprint density at radius 1 is 1.29 bits per heavy atom. The SMILES string of the molecule is CC(=O)C(C#N)(Cc1cc(Cl)ccc1F)c1ccccc1. The molecule has 21 heavy (non-hydrogen) atoms. The molecular formula is C17H13ClFNO. The van der Waals surface area contributed by atoms with Gasteiger partial charge in [-0.25, -0.2) is 4.39 Å². The van der Waals surface area contributed by atoms with E-state index in [2.05, 4.69) is 6.07 Å². The lowest BCUT2D eigenvalue weighted by Gasteiger charge is -2.24. The molecule has 0 radical (unpaired) electrons. The van der Waals surface area contributed by atoms with Crippen LogP contribution in [-0.4, -0.2) is 5.78 Å². The Balaban J connectivity index is 2.55. The fourth-order valence-corrected chi connectivity index (χ4v) is 2.49. The van der Waals surface area contributed by atoms with Gasteiger partial charge in [-0.1, -0.05) is 41.9 Å². The summed E-state index contributed by atoms with van der Waals surface area (Å²) in [4.78, 5) is 12.1. The Bertz CT molecular complexity index is 708. The average Bonchev–Trinajstić information content (AvgIpc) is 2.49. The van der Waals surface area contributed by atoms with Crippen LogP contribution >= 0.6 is 11.6 Å². The van der Waals surface area contributed by atoms with Gasteiger partial charge in [0.05, 0.1) is 6.07 Å². The van der Waals surface area contributed by atoms with Gasteiger partial charge in [-0.3, -0.25) is 4.79 Å². The maximum absolute atomic E-state index is 13.9. The molecule has 2 aromatic rings. The van der Waals surface area contributed by atoms with Gasteiger partial charge in [0.25, 0.3) is 0 Å². The number of nitriles is 1. The number of halogens is 2. The van der Waals surface area contributed by atoms with Crippen LogP contribution in [0.5, 0.6) is 0 Å². The number of Topliss-reactive ketones (excluding diaryl/α,β-unsaturated/α-hetero) is 1. The third-order valence-corrected chi connectivity index (χ3v) is 3.76. The van der Waals surface area contributed by atoms with Gasteiger partial charge in [-0.2, -0.15) is 5.26 Å². The number of ketones is 1. The zero-order valence-electron chi connectivity index (χ0n) is 11.4. The van der Waals surface area contributed by atoms with Crippen LogP contribution in [0, 0.1) is 17.1 Å². The average molecular weight is 302 g/mol. The molecule has 0 bridgehead atoms. The van der Waals surface area contributed by atoms with Gasteiger partial charge in [0.2, 0.25) is 0 Å². The summed E-state index contributed by atoms with van der Waals surface area (Å²) in [6.45, 7) is 1.35.